The van der Waals surface area contributed by atoms with Crippen LogP contribution in [0.3, 0.4) is 0 Å². The molecule has 0 bridgehead atoms. The molecule has 4 saturated carbocycles. The van der Waals surface area contributed by atoms with Crippen LogP contribution >= 0.6 is 0 Å². The molecule has 0 aromatic rings. The van der Waals surface area contributed by atoms with Crippen molar-refractivity contribution in [1.29, 1.82) is 0 Å². The van der Waals surface area contributed by atoms with Gasteiger partial charge in [-0.1, -0.05) is 52.4 Å². The van der Waals surface area contributed by atoms with Gasteiger partial charge in [-0.3, -0.25) is 9.59 Å². The number of esters is 2. The highest BCUT2D eigenvalue weighted by atomic mass is 16.7. The quantitative estimate of drug-likeness (QED) is 0.185. The first-order valence-corrected chi connectivity index (χ1v) is 16.7. The molecule has 6 rings (SSSR count). The number of carbonyl (C=O) groups excluding carboxylic acids is 2. The molecular formula is C36H53NO7. The fourth-order valence-electron chi connectivity index (χ4n) is 12.1. The fourth-order valence-corrected chi connectivity index (χ4v) is 12.1. The van der Waals surface area contributed by atoms with Gasteiger partial charge in [-0.2, -0.15) is 0 Å². The molecule has 0 aromatic carbocycles. The maximum absolute atomic E-state index is 12.7. The predicted molar refractivity (Wildman–Crippen MR) is 166 cm³/mol. The van der Waals surface area contributed by atoms with Crippen LogP contribution in [0.4, 0.5) is 0 Å². The summed E-state index contributed by atoms with van der Waals surface area (Å²) in [5, 5.41) is 4.36. The third-order valence-electron chi connectivity index (χ3n) is 14.2. The first-order chi connectivity index (χ1) is 20.7. The highest BCUT2D eigenvalue weighted by Crippen LogP contribution is 2.87. The lowest BCUT2D eigenvalue weighted by Crippen LogP contribution is -2.58. The number of hydrogen-bond acceptors (Lipinski definition) is 8. The summed E-state index contributed by atoms with van der Waals surface area (Å²) >= 11 is 0. The molecule has 0 aromatic heterocycles. The summed E-state index contributed by atoms with van der Waals surface area (Å²) in [6.07, 6.45) is 10.1. The molecule has 0 N–H and O–H groups in total. The van der Waals surface area contributed by atoms with E-state index in [9.17, 15) is 9.59 Å². The number of carbonyl (C=O) groups is 2. The molecule has 2 unspecified atom stereocenters. The van der Waals surface area contributed by atoms with E-state index in [1.807, 2.05) is 0 Å². The Balaban J connectivity index is 1.40. The van der Waals surface area contributed by atoms with Gasteiger partial charge in [0.15, 0.2) is 6.10 Å². The number of hydrogen-bond donors (Lipinski definition) is 0. The van der Waals surface area contributed by atoms with Gasteiger partial charge in [0.1, 0.15) is 13.2 Å². The molecule has 1 heterocycles. The maximum atomic E-state index is 12.7. The van der Waals surface area contributed by atoms with Crippen molar-refractivity contribution < 1.29 is 33.4 Å². The molecule has 1 aliphatic heterocycles. The third-order valence-corrected chi connectivity index (χ3v) is 14.2. The van der Waals surface area contributed by atoms with Crippen LogP contribution in [0.2, 0.25) is 0 Å². The maximum Gasteiger partial charge on any atom is 0.303 e. The highest BCUT2D eigenvalue weighted by Gasteiger charge is 2.82. The van der Waals surface area contributed by atoms with Crippen LogP contribution in [0.15, 0.2) is 29.5 Å². The summed E-state index contributed by atoms with van der Waals surface area (Å²) in [7, 11) is 3.23. The average Bonchev–Trinajstić information content (AvgIpc) is 3.46. The summed E-state index contributed by atoms with van der Waals surface area (Å²) in [4.78, 5) is 30.5. The number of fused-ring (bicyclic) bond motifs is 2. The van der Waals surface area contributed by atoms with Crippen molar-refractivity contribution in [2.24, 2.45) is 62.3 Å². The van der Waals surface area contributed by atoms with Crippen molar-refractivity contribution in [3.05, 3.63) is 24.3 Å². The van der Waals surface area contributed by atoms with Crippen molar-refractivity contribution in [3.8, 4) is 0 Å². The summed E-state index contributed by atoms with van der Waals surface area (Å²) in [5.41, 5.74) is 2.04. The molecule has 6 aliphatic rings. The first-order valence-electron chi connectivity index (χ1n) is 16.7. The fraction of sp³-hybridized carbons (Fsp3) is 0.806. The van der Waals surface area contributed by atoms with Gasteiger partial charge in [0.05, 0.1) is 12.3 Å². The number of ether oxygens (including phenoxy) is 4. The normalized spacial score (nSPS) is 49.3. The van der Waals surface area contributed by atoms with Crippen LogP contribution in [-0.4, -0.2) is 56.5 Å². The van der Waals surface area contributed by atoms with Gasteiger partial charge in [-0.25, -0.2) is 0 Å². The van der Waals surface area contributed by atoms with Gasteiger partial charge in [0, 0.05) is 44.6 Å². The molecular weight excluding hydrogens is 558 g/mol. The SMILES string of the molecule is C=C1C(C)COC1(OC)[C@H](OC(C)=O)[C@@H](C)[C@H]1[C@@H](OC(C)=O)C[C@@]2(C)[C@@H]3CC[C@H]4[C@H](C)/C(=N/OC)C=C[C@@]45C[C@@]35CC[C@]12C. The zero-order valence-electron chi connectivity index (χ0n) is 28.2. The Morgan fingerprint density at radius 1 is 1.09 bits per heavy atom. The number of allylic oxidation sites excluding steroid dienone is 2. The molecule has 2 spiro atoms. The molecule has 1 saturated heterocycles. The van der Waals surface area contributed by atoms with Crippen molar-refractivity contribution in [3.63, 3.8) is 0 Å². The summed E-state index contributed by atoms with van der Waals surface area (Å²) in [6, 6.07) is 0. The largest absolute Gasteiger partial charge is 0.462 e. The van der Waals surface area contributed by atoms with E-state index in [4.69, 9.17) is 23.8 Å². The second kappa shape index (κ2) is 10.4. The standard InChI is InChI=1S/C36H53NO7/c1-20-18-42-36(40-9,23(20)4)31(44-25(6)39)22(3)30-28(43-24(5)38)17-33(8)29-12-11-26-21(2)27(37-41-10)13-14-34(26)19-35(29,34)16-15-32(30,33)7/h13-14,20-22,26,28-31H,4,11-12,15-19H2,1-3,5-10H3/b37-27+/t20?,21-,22-,26-,28-,29-,30-,31+,32+,33-,34+,35-,36?/m0/s1. The zero-order chi connectivity index (χ0) is 32.0. The zero-order valence-corrected chi connectivity index (χ0v) is 28.2. The van der Waals surface area contributed by atoms with E-state index in [0.717, 1.165) is 43.4 Å². The van der Waals surface area contributed by atoms with Crippen LogP contribution < -0.4 is 0 Å². The first kappa shape index (κ1) is 31.8. The smallest absolute Gasteiger partial charge is 0.303 e. The molecule has 13 atom stereocenters. The molecule has 44 heavy (non-hydrogen) atoms. The van der Waals surface area contributed by atoms with Crippen LogP contribution in [-0.2, 0) is 33.4 Å². The van der Waals surface area contributed by atoms with E-state index in [0.29, 0.717) is 24.4 Å². The Kier molecular flexibility index (Phi) is 7.52. The Hall–Kier alpha value is -2.19. The van der Waals surface area contributed by atoms with E-state index in [2.05, 4.69) is 58.5 Å². The second-order valence-electron chi connectivity index (χ2n) is 15.6. The van der Waals surface area contributed by atoms with Crippen LogP contribution in [0.25, 0.3) is 0 Å². The lowest BCUT2D eigenvalue weighted by atomic mass is 9.43. The Morgan fingerprint density at radius 3 is 2.41 bits per heavy atom. The monoisotopic (exact) mass is 611 g/mol. The van der Waals surface area contributed by atoms with Crippen LogP contribution in [0.5, 0.6) is 0 Å². The van der Waals surface area contributed by atoms with Crippen LogP contribution in [0.1, 0.15) is 87.0 Å². The molecule has 5 fully saturated rings. The predicted octanol–water partition coefficient (Wildman–Crippen LogP) is 6.49. The van der Waals surface area contributed by atoms with Gasteiger partial charge in [0.25, 0.3) is 0 Å². The molecule has 8 nitrogen and oxygen atoms in total. The third kappa shape index (κ3) is 3.98. The average molecular weight is 612 g/mol. The van der Waals surface area contributed by atoms with Crippen molar-refractivity contribution in [2.45, 2.75) is 105 Å². The van der Waals surface area contributed by atoms with Crippen molar-refractivity contribution >= 4 is 17.7 Å². The van der Waals surface area contributed by atoms with Gasteiger partial charge < -0.3 is 23.8 Å². The molecule has 0 amide bonds. The lowest BCUT2D eigenvalue weighted by molar-refractivity contribution is -0.256. The van der Waals surface area contributed by atoms with Gasteiger partial charge in [-0.15, -0.1) is 0 Å². The van der Waals surface area contributed by atoms with E-state index in [1.165, 1.54) is 20.3 Å². The molecule has 0 radical (unpaired) electrons. The highest BCUT2D eigenvalue weighted by molar-refractivity contribution is 5.97. The van der Waals surface area contributed by atoms with E-state index < -0.39 is 11.9 Å². The summed E-state index contributed by atoms with van der Waals surface area (Å²) < 4.78 is 24.9. The second-order valence-corrected chi connectivity index (χ2v) is 15.6. The van der Waals surface area contributed by atoms with E-state index >= 15 is 0 Å². The van der Waals surface area contributed by atoms with Crippen molar-refractivity contribution in [1.82, 2.24) is 0 Å². The topological polar surface area (TPSA) is 92.7 Å². The summed E-state index contributed by atoms with van der Waals surface area (Å²) in [5.74, 6) is -0.710. The number of nitrogens with zero attached hydrogens (tertiary/aromatic N) is 1. The molecule has 5 aliphatic carbocycles. The van der Waals surface area contributed by atoms with E-state index in [-0.39, 0.29) is 57.5 Å². The minimum Gasteiger partial charge on any atom is -0.462 e. The number of rotatable bonds is 7. The number of oxime groups is 1. The minimum atomic E-state index is -1.25. The van der Waals surface area contributed by atoms with Gasteiger partial charge >= 0.3 is 11.9 Å². The minimum absolute atomic E-state index is 0.0603. The van der Waals surface area contributed by atoms with Crippen LogP contribution in [0, 0.1) is 57.2 Å². The lowest BCUT2D eigenvalue weighted by Gasteiger charge is -2.61. The van der Waals surface area contributed by atoms with Crippen molar-refractivity contribution in [2.75, 3.05) is 20.8 Å². The van der Waals surface area contributed by atoms with Gasteiger partial charge in [0.2, 0.25) is 5.79 Å². The Morgan fingerprint density at radius 2 is 1.82 bits per heavy atom. The molecule has 244 valence electrons. The Bertz CT molecular complexity index is 1290. The Labute approximate surface area is 263 Å². The molecule has 8 heteroatoms. The summed E-state index contributed by atoms with van der Waals surface area (Å²) in [6.45, 7) is 19.2. The number of methoxy groups -OCH3 is 1. The van der Waals surface area contributed by atoms with Gasteiger partial charge in [-0.05, 0) is 83.7 Å². The van der Waals surface area contributed by atoms with E-state index in [1.54, 1.807) is 14.2 Å².